The molecule has 4 rings (SSSR count). The zero-order valence-electron chi connectivity index (χ0n) is 20.3. The maximum atomic E-state index is 12.5. The Bertz CT molecular complexity index is 1220. The zero-order valence-corrected chi connectivity index (χ0v) is 20.3. The smallest absolute Gasteiger partial charge is 0.409 e. The van der Waals surface area contributed by atoms with Crippen LogP contribution in [0, 0.1) is 5.92 Å². The fourth-order valence-corrected chi connectivity index (χ4v) is 3.97. The Kier molecular flexibility index (Phi) is 10.2. The Morgan fingerprint density at radius 2 is 1.76 bits per heavy atom. The van der Waals surface area contributed by atoms with Gasteiger partial charge in [-0.15, -0.1) is 0 Å². The van der Waals surface area contributed by atoms with Gasteiger partial charge in [0.15, 0.2) is 5.82 Å². The Balaban J connectivity index is 0.00000241. The second kappa shape index (κ2) is 12.9. The summed E-state index contributed by atoms with van der Waals surface area (Å²) in [6, 6.07) is 12.3. The fourth-order valence-electron chi connectivity index (χ4n) is 3.97. The number of phenols is 1. The number of aromatic nitrogens is 2. The molecule has 0 bridgehead atoms. The van der Waals surface area contributed by atoms with Crippen LogP contribution < -0.4 is 10.2 Å². The second-order valence-electron chi connectivity index (χ2n) is 8.92. The van der Waals surface area contributed by atoms with Gasteiger partial charge < -0.3 is 25.0 Å². The molecule has 1 aromatic heterocycles. The largest absolute Gasteiger partial charge is 0.507 e. The van der Waals surface area contributed by atoms with Gasteiger partial charge in [-0.3, -0.25) is 4.79 Å². The van der Waals surface area contributed by atoms with Gasteiger partial charge in [-0.2, -0.15) is 0 Å². The molecule has 2 amide bonds. The summed E-state index contributed by atoms with van der Waals surface area (Å²) in [7, 11) is 0. The summed E-state index contributed by atoms with van der Waals surface area (Å²) in [6.07, 6.45) is -0.306. The van der Waals surface area contributed by atoms with Crippen molar-refractivity contribution < 1.29 is 19.4 Å². The molecule has 9 nitrogen and oxygen atoms in total. The molecule has 0 aliphatic carbocycles. The lowest BCUT2D eigenvalue weighted by Crippen LogP contribution is -2.49. The lowest BCUT2D eigenvalue weighted by atomic mass is 10.1. The Hall–Kier alpha value is -3.88. The Morgan fingerprint density at radius 3 is 2.41 bits per heavy atom. The molecule has 37 heavy (non-hydrogen) atoms. The monoisotopic (exact) mass is 509 g/mol. The molecule has 1 fully saturated rings. The van der Waals surface area contributed by atoms with Crippen LogP contribution in [0.25, 0.3) is 22.3 Å². The van der Waals surface area contributed by atoms with Crippen molar-refractivity contribution in [1.29, 1.82) is 0 Å². The van der Waals surface area contributed by atoms with Crippen molar-refractivity contribution >= 4 is 28.7 Å². The summed E-state index contributed by atoms with van der Waals surface area (Å²) in [5.74, 6) is 1.27. The molecule has 0 radical (unpaired) electrons. The van der Waals surface area contributed by atoms with Gasteiger partial charge in [-0.05, 0) is 43.2 Å². The maximum Gasteiger partial charge on any atom is 0.409 e. The van der Waals surface area contributed by atoms with Crippen LogP contribution >= 0.6 is 0 Å². The van der Waals surface area contributed by atoms with E-state index in [1.165, 1.54) is 0 Å². The molecule has 0 unspecified atom stereocenters. The van der Waals surface area contributed by atoms with Gasteiger partial charge in [0.2, 0.25) is 0 Å². The van der Waals surface area contributed by atoms with Crippen molar-refractivity contribution in [3.8, 4) is 17.1 Å². The first-order chi connectivity index (χ1) is 16.9. The minimum Gasteiger partial charge on any atom is -0.507 e. The van der Waals surface area contributed by atoms with Crippen molar-refractivity contribution in [2.24, 2.45) is 5.92 Å². The van der Waals surface area contributed by atoms with Gasteiger partial charge in [0, 0.05) is 43.7 Å². The van der Waals surface area contributed by atoms with Crippen molar-refractivity contribution in [3.63, 3.8) is 0 Å². The predicted molar refractivity (Wildman–Crippen MR) is 148 cm³/mol. The number of hydrogen-bond acceptors (Lipinski definition) is 7. The summed E-state index contributed by atoms with van der Waals surface area (Å²) in [5, 5.41) is 14.0. The van der Waals surface area contributed by atoms with Crippen molar-refractivity contribution in [3.05, 3.63) is 48.0 Å². The van der Waals surface area contributed by atoms with E-state index in [0.29, 0.717) is 67.6 Å². The second-order valence-corrected chi connectivity index (χ2v) is 8.92. The Labute approximate surface area is 219 Å². The van der Waals surface area contributed by atoms with E-state index >= 15 is 0 Å². The summed E-state index contributed by atoms with van der Waals surface area (Å²) in [4.78, 5) is 38.2. The van der Waals surface area contributed by atoms with Crippen molar-refractivity contribution in [1.82, 2.24) is 20.2 Å². The van der Waals surface area contributed by atoms with E-state index in [9.17, 15) is 14.7 Å². The molecule has 1 saturated heterocycles. The standard InChI is InChI=1S/C26H31N5O4.2CH4/c1-4-27-25(33)18-9-10-21-20(15-18)24(29-23(28-21)19-7-5-6-8-22(19)32)30-11-13-31(14-12-30)26(34)35-16-17(2)3;;/h5-10,15,17,32H,4,11-14,16H2,1-3H3,(H,27,33);2*1H4. The number of carbonyl (C=O) groups is 2. The highest BCUT2D eigenvalue weighted by Gasteiger charge is 2.25. The number of ether oxygens (including phenoxy) is 1. The summed E-state index contributed by atoms with van der Waals surface area (Å²) in [5.41, 5.74) is 1.72. The molecular formula is C28H39N5O4. The van der Waals surface area contributed by atoms with Crippen LogP contribution in [-0.2, 0) is 4.74 Å². The van der Waals surface area contributed by atoms with E-state index in [4.69, 9.17) is 9.72 Å². The molecule has 0 saturated carbocycles. The van der Waals surface area contributed by atoms with E-state index < -0.39 is 0 Å². The molecule has 2 heterocycles. The van der Waals surface area contributed by atoms with Crippen LogP contribution in [0.3, 0.4) is 0 Å². The quantitative estimate of drug-likeness (QED) is 0.485. The van der Waals surface area contributed by atoms with Crippen LogP contribution in [0.2, 0.25) is 0 Å². The first-order valence-corrected chi connectivity index (χ1v) is 11.9. The first-order valence-electron chi connectivity index (χ1n) is 11.9. The lowest BCUT2D eigenvalue weighted by molar-refractivity contribution is 0.0900. The van der Waals surface area contributed by atoms with Gasteiger partial charge in [-0.1, -0.05) is 40.8 Å². The predicted octanol–water partition coefficient (Wildman–Crippen LogP) is 4.94. The summed E-state index contributed by atoms with van der Waals surface area (Å²) < 4.78 is 5.38. The third kappa shape index (κ3) is 6.67. The molecule has 0 atom stereocenters. The number of piperazine rings is 1. The topological polar surface area (TPSA) is 108 Å². The molecule has 1 aliphatic heterocycles. The van der Waals surface area contributed by atoms with Gasteiger partial charge in [0.1, 0.15) is 11.6 Å². The summed E-state index contributed by atoms with van der Waals surface area (Å²) >= 11 is 0. The Morgan fingerprint density at radius 1 is 1.05 bits per heavy atom. The number of amides is 2. The lowest BCUT2D eigenvalue weighted by Gasteiger charge is -2.35. The number of aromatic hydroxyl groups is 1. The van der Waals surface area contributed by atoms with Gasteiger partial charge >= 0.3 is 6.09 Å². The van der Waals surface area contributed by atoms with Crippen LogP contribution in [0.5, 0.6) is 5.75 Å². The van der Waals surface area contributed by atoms with E-state index in [1.54, 1.807) is 41.3 Å². The average Bonchev–Trinajstić information content (AvgIpc) is 2.87. The number of nitrogens with one attached hydrogen (secondary N) is 1. The fraction of sp³-hybridized carbons (Fsp3) is 0.429. The minimum absolute atomic E-state index is 0. The third-order valence-corrected chi connectivity index (χ3v) is 5.80. The third-order valence-electron chi connectivity index (χ3n) is 5.80. The summed E-state index contributed by atoms with van der Waals surface area (Å²) in [6.45, 7) is 8.88. The molecule has 1 aliphatic rings. The number of benzene rings is 2. The molecule has 0 spiro atoms. The highest BCUT2D eigenvalue weighted by atomic mass is 16.6. The number of nitrogens with zero attached hydrogens (tertiary/aromatic N) is 4. The molecule has 200 valence electrons. The number of anilines is 1. The molecular weight excluding hydrogens is 470 g/mol. The molecule has 2 N–H and O–H groups in total. The van der Waals surface area contributed by atoms with E-state index in [1.807, 2.05) is 26.8 Å². The van der Waals surface area contributed by atoms with Crippen LogP contribution in [0.15, 0.2) is 42.5 Å². The zero-order chi connectivity index (χ0) is 24.9. The van der Waals surface area contributed by atoms with E-state index in [2.05, 4.69) is 15.2 Å². The van der Waals surface area contributed by atoms with Gasteiger partial charge in [0.25, 0.3) is 5.91 Å². The SMILES string of the molecule is C.C.CCNC(=O)c1ccc2nc(-c3ccccc3O)nc(N3CCN(C(=O)OCC(C)C)CC3)c2c1. The number of carbonyl (C=O) groups excluding carboxylic acids is 2. The number of phenolic OH excluding ortho intramolecular Hbond substituents is 1. The maximum absolute atomic E-state index is 12.5. The molecule has 3 aromatic rings. The molecule has 9 heteroatoms. The van der Waals surface area contributed by atoms with E-state index in [0.717, 1.165) is 5.39 Å². The number of rotatable bonds is 6. The highest BCUT2D eigenvalue weighted by molar-refractivity contribution is 6.01. The minimum atomic E-state index is -0.306. The highest BCUT2D eigenvalue weighted by Crippen LogP contribution is 2.32. The van der Waals surface area contributed by atoms with Crippen molar-refractivity contribution in [2.45, 2.75) is 35.6 Å². The first kappa shape index (κ1) is 29.4. The van der Waals surface area contributed by atoms with Gasteiger partial charge in [0.05, 0.1) is 17.7 Å². The average molecular weight is 510 g/mol. The number of hydrogen-bond donors (Lipinski definition) is 2. The van der Waals surface area contributed by atoms with Crippen LogP contribution in [-0.4, -0.2) is 71.3 Å². The normalized spacial score (nSPS) is 13.1. The van der Waals surface area contributed by atoms with Crippen LogP contribution in [0.4, 0.5) is 10.6 Å². The van der Waals surface area contributed by atoms with Crippen molar-refractivity contribution in [2.75, 3.05) is 44.2 Å². The van der Waals surface area contributed by atoms with Gasteiger partial charge in [-0.25, -0.2) is 14.8 Å². The number of fused-ring (bicyclic) bond motifs is 1. The molecule has 2 aromatic carbocycles. The van der Waals surface area contributed by atoms with E-state index in [-0.39, 0.29) is 38.5 Å². The van der Waals surface area contributed by atoms with Crippen LogP contribution in [0.1, 0.15) is 46.0 Å². The number of para-hydroxylation sites is 1.